The zero-order valence-electron chi connectivity index (χ0n) is 12.8. The maximum absolute atomic E-state index is 12.3. The Morgan fingerprint density at radius 3 is 2.50 bits per heavy atom. The predicted molar refractivity (Wildman–Crippen MR) is 88.9 cm³/mol. The summed E-state index contributed by atoms with van der Waals surface area (Å²) in [5.41, 5.74) is 2.06. The zero-order chi connectivity index (χ0) is 16.8. The fourth-order valence-corrected chi connectivity index (χ4v) is 2.15. The topological polar surface area (TPSA) is 84.6 Å². The second-order valence-electron chi connectivity index (χ2n) is 4.99. The summed E-state index contributed by atoms with van der Waals surface area (Å²) in [6, 6.07) is 14.0. The van der Waals surface area contributed by atoms with Crippen LogP contribution in [0.1, 0.15) is 10.4 Å². The molecule has 24 heavy (non-hydrogen) atoms. The quantitative estimate of drug-likeness (QED) is 0.728. The van der Waals surface area contributed by atoms with Gasteiger partial charge in [-0.05, 0) is 36.4 Å². The minimum atomic E-state index is -0.205. The van der Waals surface area contributed by atoms with E-state index in [0.717, 1.165) is 5.56 Å². The number of hydrogen-bond donors (Lipinski definition) is 2. The average molecular weight is 324 g/mol. The highest BCUT2D eigenvalue weighted by atomic mass is 16.5. The molecule has 2 N–H and O–H groups in total. The van der Waals surface area contributed by atoms with Gasteiger partial charge in [-0.25, -0.2) is 4.98 Å². The Morgan fingerprint density at radius 1 is 1.12 bits per heavy atom. The van der Waals surface area contributed by atoms with Crippen LogP contribution < -0.4 is 10.1 Å². The van der Waals surface area contributed by atoms with Gasteiger partial charge in [-0.3, -0.25) is 4.79 Å². The lowest BCUT2D eigenvalue weighted by molar-refractivity contribution is 0.102. The van der Waals surface area contributed by atoms with E-state index in [0.29, 0.717) is 22.8 Å². The average Bonchev–Trinajstić information content (AvgIpc) is 3.16. The van der Waals surface area contributed by atoms with E-state index < -0.39 is 0 Å². The second kappa shape index (κ2) is 7.43. The SMILES string of the molecule is O=C(Nc1ccc(OCCO)cc1)c1ccc(-c2cnco2)cc1. The molecule has 3 rings (SSSR count). The molecule has 0 saturated carbocycles. The van der Waals surface area contributed by atoms with E-state index in [-0.39, 0.29) is 19.1 Å². The van der Waals surface area contributed by atoms with Gasteiger partial charge in [0.2, 0.25) is 0 Å². The van der Waals surface area contributed by atoms with Gasteiger partial charge in [-0.2, -0.15) is 0 Å². The van der Waals surface area contributed by atoms with Crippen molar-refractivity contribution in [3.05, 3.63) is 66.7 Å². The van der Waals surface area contributed by atoms with Gasteiger partial charge in [-0.15, -0.1) is 0 Å². The van der Waals surface area contributed by atoms with Crippen LogP contribution in [-0.2, 0) is 0 Å². The first kappa shape index (κ1) is 15.8. The normalized spacial score (nSPS) is 10.4. The minimum Gasteiger partial charge on any atom is -0.491 e. The molecular formula is C18H16N2O4. The van der Waals surface area contributed by atoms with Crippen molar-refractivity contribution in [3.8, 4) is 17.1 Å². The number of carbonyl (C=O) groups is 1. The standard InChI is InChI=1S/C18H16N2O4/c21-9-10-23-16-7-5-15(6-8-16)20-18(22)14-3-1-13(2-4-14)17-11-19-12-24-17/h1-8,11-12,21H,9-10H2,(H,20,22). The number of nitrogens with zero attached hydrogens (tertiary/aromatic N) is 1. The lowest BCUT2D eigenvalue weighted by Gasteiger charge is -2.08. The van der Waals surface area contributed by atoms with Gasteiger partial charge in [0, 0.05) is 16.8 Å². The lowest BCUT2D eigenvalue weighted by Crippen LogP contribution is -2.11. The second-order valence-corrected chi connectivity index (χ2v) is 4.99. The molecule has 0 atom stereocenters. The molecule has 122 valence electrons. The van der Waals surface area contributed by atoms with E-state index in [1.807, 2.05) is 0 Å². The molecule has 0 bridgehead atoms. The largest absolute Gasteiger partial charge is 0.491 e. The Morgan fingerprint density at radius 2 is 1.88 bits per heavy atom. The smallest absolute Gasteiger partial charge is 0.255 e. The third kappa shape index (κ3) is 3.80. The maximum Gasteiger partial charge on any atom is 0.255 e. The Bertz CT molecular complexity index is 781. The first-order valence-corrected chi connectivity index (χ1v) is 7.40. The van der Waals surface area contributed by atoms with Crippen molar-refractivity contribution < 1.29 is 19.1 Å². The number of aliphatic hydroxyl groups excluding tert-OH is 1. The van der Waals surface area contributed by atoms with Crippen LogP contribution in [0.25, 0.3) is 11.3 Å². The van der Waals surface area contributed by atoms with Crippen molar-refractivity contribution in [1.29, 1.82) is 0 Å². The van der Waals surface area contributed by atoms with Crippen molar-refractivity contribution in [1.82, 2.24) is 4.98 Å². The molecular weight excluding hydrogens is 308 g/mol. The van der Waals surface area contributed by atoms with Crippen LogP contribution in [0.4, 0.5) is 5.69 Å². The molecule has 6 heteroatoms. The Balaban J connectivity index is 1.64. The number of rotatable bonds is 6. The maximum atomic E-state index is 12.3. The van der Waals surface area contributed by atoms with Gasteiger partial charge in [-0.1, -0.05) is 12.1 Å². The summed E-state index contributed by atoms with van der Waals surface area (Å²) in [6.07, 6.45) is 2.99. The molecule has 0 aliphatic carbocycles. The summed E-state index contributed by atoms with van der Waals surface area (Å²) in [7, 11) is 0. The van der Waals surface area contributed by atoms with Gasteiger partial charge in [0.15, 0.2) is 12.2 Å². The number of anilines is 1. The molecule has 0 unspecified atom stereocenters. The number of aliphatic hydroxyl groups is 1. The molecule has 0 fully saturated rings. The highest BCUT2D eigenvalue weighted by Crippen LogP contribution is 2.20. The van der Waals surface area contributed by atoms with Crippen molar-refractivity contribution in [3.63, 3.8) is 0 Å². The highest BCUT2D eigenvalue weighted by molar-refractivity contribution is 6.04. The van der Waals surface area contributed by atoms with Gasteiger partial charge in [0.05, 0.1) is 12.8 Å². The number of hydrogen-bond acceptors (Lipinski definition) is 5. The van der Waals surface area contributed by atoms with Gasteiger partial charge < -0.3 is 19.6 Å². The molecule has 1 heterocycles. The number of aromatic nitrogens is 1. The number of ether oxygens (including phenoxy) is 1. The van der Waals surface area contributed by atoms with Crippen molar-refractivity contribution in [2.24, 2.45) is 0 Å². The molecule has 2 aromatic carbocycles. The van der Waals surface area contributed by atoms with E-state index >= 15 is 0 Å². The van der Waals surface area contributed by atoms with E-state index in [2.05, 4.69) is 10.3 Å². The summed E-state index contributed by atoms with van der Waals surface area (Å²) in [4.78, 5) is 16.1. The Hall–Kier alpha value is -3.12. The third-order valence-corrected chi connectivity index (χ3v) is 3.34. The van der Waals surface area contributed by atoms with E-state index in [9.17, 15) is 4.79 Å². The van der Waals surface area contributed by atoms with Crippen molar-refractivity contribution >= 4 is 11.6 Å². The number of benzene rings is 2. The number of amides is 1. The third-order valence-electron chi connectivity index (χ3n) is 3.34. The fraction of sp³-hybridized carbons (Fsp3) is 0.111. The number of oxazole rings is 1. The molecule has 0 spiro atoms. The molecule has 1 aromatic heterocycles. The van der Waals surface area contributed by atoms with Gasteiger partial charge in [0.25, 0.3) is 5.91 Å². The van der Waals surface area contributed by atoms with Crippen LogP contribution >= 0.6 is 0 Å². The molecule has 0 saturated heterocycles. The van der Waals surface area contributed by atoms with Crippen molar-refractivity contribution in [2.45, 2.75) is 0 Å². The molecule has 6 nitrogen and oxygen atoms in total. The summed E-state index contributed by atoms with van der Waals surface area (Å²) < 4.78 is 10.5. The van der Waals surface area contributed by atoms with E-state index in [4.69, 9.17) is 14.3 Å². The summed E-state index contributed by atoms with van der Waals surface area (Å²) in [5.74, 6) is 1.09. The molecule has 1 amide bonds. The minimum absolute atomic E-state index is 0.0391. The first-order valence-electron chi connectivity index (χ1n) is 7.40. The molecule has 0 aliphatic rings. The van der Waals surface area contributed by atoms with Crippen LogP contribution in [0.3, 0.4) is 0 Å². The van der Waals surface area contributed by atoms with Crippen LogP contribution in [0.2, 0.25) is 0 Å². The van der Waals surface area contributed by atoms with Crippen molar-refractivity contribution in [2.75, 3.05) is 18.5 Å². The summed E-state index contributed by atoms with van der Waals surface area (Å²) in [5, 5.41) is 11.5. The van der Waals surface area contributed by atoms with Crippen LogP contribution in [0.15, 0.2) is 65.5 Å². The number of nitrogens with one attached hydrogen (secondary N) is 1. The van der Waals surface area contributed by atoms with E-state index in [1.165, 1.54) is 6.39 Å². The van der Waals surface area contributed by atoms with Gasteiger partial charge >= 0.3 is 0 Å². The first-order chi connectivity index (χ1) is 11.8. The molecule has 3 aromatic rings. The van der Waals surface area contributed by atoms with Crippen LogP contribution in [0, 0.1) is 0 Å². The number of carbonyl (C=O) groups excluding carboxylic acids is 1. The van der Waals surface area contributed by atoms with Crippen LogP contribution in [-0.4, -0.2) is 29.2 Å². The van der Waals surface area contributed by atoms with Crippen LogP contribution in [0.5, 0.6) is 5.75 Å². The zero-order valence-corrected chi connectivity index (χ0v) is 12.8. The Kier molecular flexibility index (Phi) is 4.88. The molecule has 0 radical (unpaired) electrons. The summed E-state index contributed by atoms with van der Waals surface area (Å²) in [6.45, 7) is 0.200. The highest BCUT2D eigenvalue weighted by Gasteiger charge is 2.08. The molecule has 0 aliphatic heterocycles. The fourth-order valence-electron chi connectivity index (χ4n) is 2.15. The van der Waals surface area contributed by atoms with E-state index in [1.54, 1.807) is 54.7 Å². The Labute approximate surface area is 138 Å². The summed E-state index contributed by atoms with van der Waals surface area (Å²) >= 11 is 0. The monoisotopic (exact) mass is 324 g/mol. The van der Waals surface area contributed by atoms with Gasteiger partial charge in [0.1, 0.15) is 12.4 Å². The predicted octanol–water partition coefficient (Wildman–Crippen LogP) is 2.97. The lowest BCUT2D eigenvalue weighted by atomic mass is 10.1.